The van der Waals surface area contributed by atoms with Crippen LogP contribution in [0.25, 0.3) is 22.3 Å². The molecule has 1 atom stereocenters. The number of methoxy groups -OCH3 is 1. The Balaban J connectivity index is 1.91. The van der Waals surface area contributed by atoms with Crippen molar-refractivity contribution in [2.45, 2.75) is 31.8 Å². The number of rotatable bonds is 7. The summed E-state index contributed by atoms with van der Waals surface area (Å²) in [6.45, 7) is -0.788. The number of fused-ring (bicyclic) bond motifs is 1. The van der Waals surface area contributed by atoms with Gasteiger partial charge in [0.05, 0.1) is 17.4 Å². The number of anilines is 1. The van der Waals surface area contributed by atoms with Crippen molar-refractivity contribution >= 4 is 28.5 Å². The number of aliphatic imine (C=N–C) groups is 1. The first-order valence-corrected chi connectivity index (χ1v) is 10.8. The molecule has 1 aromatic carbocycles. The molecule has 1 unspecified atom stereocenters. The third kappa shape index (κ3) is 4.81. The molecule has 2 heterocycles. The number of benzene rings is 1. The smallest absolute Gasteiger partial charge is 0.281 e. The molecule has 0 saturated carbocycles. The summed E-state index contributed by atoms with van der Waals surface area (Å²) in [6, 6.07) is 8.19. The molecule has 178 valence electrons. The molecule has 4 rings (SSSR count). The largest absolute Gasteiger partial charge is 0.472 e. The van der Waals surface area contributed by atoms with Gasteiger partial charge in [-0.25, -0.2) is 13.8 Å². The molecule has 1 aliphatic carbocycles. The van der Waals surface area contributed by atoms with Crippen LogP contribution in [0.3, 0.4) is 0 Å². The number of ether oxygens (including phenoxy) is 2. The van der Waals surface area contributed by atoms with Crippen molar-refractivity contribution in [2.24, 2.45) is 4.99 Å². The quantitative estimate of drug-likeness (QED) is 0.419. The minimum Gasteiger partial charge on any atom is -0.472 e. The van der Waals surface area contributed by atoms with Gasteiger partial charge in [0, 0.05) is 37.7 Å². The fourth-order valence-electron chi connectivity index (χ4n) is 3.95. The van der Waals surface area contributed by atoms with E-state index in [0.29, 0.717) is 46.4 Å². The molecule has 0 aliphatic heterocycles. The van der Waals surface area contributed by atoms with Crippen molar-refractivity contribution in [3.63, 3.8) is 0 Å². The van der Waals surface area contributed by atoms with Crippen molar-refractivity contribution in [3.05, 3.63) is 57.9 Å². The van der Waals surface area contributed by atoms with E-state index in [9.17, 15) is 13.6 Å². The number of aromatic nitrogens is 3. The van der Waals surface area contributed by atoms with Crippen LogP contribution < -0.4 is 16.0 Å². The predicted octanol–water partition coefficient (Wildman–Crippen LogP) is 3.64. The number of nitrogen functional groups attached to an aromatic ring is 1. The second kappa shape index (κ2) is 10.1. The molecule has 1 aliphatic rings. The van der Waals surface area contributed by atoms with Gasteiger partial charge in [0.2, 0.25) is 5.88 Å². The SMILES string of the molecule is CN=Cc1cc(-n2nc3ccc(OCC(F)F)nc3c(C3=CCC(OC)CC3)c2=O)ccc1N. The number of pyridine rings is 1. The van der Waals surface area contributed by atoms with E-state index in [2.05, 4.69) is 15.1 Å². The monoisotopic (exact) mass is 469 g/mol. The Morgan fingerprint density at radius 3 is 2.82 bits per heavy atom. The zero-order valence-corrected chi connectivity index (χ0v) is 18.9. The van der Waals surface area contributed by atoms with Crippen LogP contribution in [0.4, 0.5) is 14.5 Å². The molecule has 0 bridgehead atoms. The fraction of sp³-hybridized carbons (Fsp3) is 0.333. The Labute approximate surface area is 194 Å². The average molecular weight is 469 g/mol. The normalized spacial score (nSPS) is 16.4. The molecule has 34 heavy (non-hydrogen) atoms. The predicted molar refractivity (Wildman–Crippen MR) is 127 cm³/mol. The van der Waals surface area contributed by atoms with Crippen LogP contribution in [-0.2, 0) is 4.74 Å². The molecule has 0 radical (unpaired) electrons. The van der Waals surface area contributed by atoms with Crippen LogP contribution in [0.1, 0.15) is 30.4 Å². The first kappa shape index (κ1) is 23.5. The third-order valence-corrected chi connectivity index (χ3v) is 5.66. The molecule has 2 aromatic heterocycles. The highest BCUT2D eigenvalue weighted by Gasteiger charge is 2.23. The van der Waals surface area contributed by atoms with Crippen molar-refractivity contribution in [1.29, 1.82) is 0 Å². The van der Waals surface area contributed by atoms with Gasteiger partial charge in [-0.2, -0.15) is 9.78 Å². The highest BCUT2D eigenvalue weighted by molar-refractivity contribution is 5.89. The second-order valence-electron chi connectivity index (χ2n) is 7.87. The first-order valence-electron chi connectivity index (χ1n) is 10.8. The number of alkyl halides is 2. The Kier molecular flexibility index (Phi) is 6.97. The van der Waals surface area contributed by atoms with Gasteiger partial charge in [0.1, 0.15) is 11.0 Å². The summed E-state index contributed by atoms with van der Waals surface area (Å²) in [7, 11) is 3.29. The zero-order valence-electron chi connectivity index (χ0n) is 18.9. The lowest BCUT2D eigenvalue weighted by atomic mass is 9.92. The number of halogens is 2. The van der Waals surface area contributed by atoms with Crippen LogP contribution in [0.5, 0.6) is 5.88 Å². The van der Waals surface area contributed by atoms with Crippen molar-refractivity contribution in [1.82, 2.24) is 14.8 Å². The average Bonchev–Trinajstić information content (AvgIpc) is 2.84. The number of nitrogens with zero attached hydrogens (tertiary/aromatic N) is 4. The zero-order chi connectivity index (χ0) is 24.2. The molecule has 0 amide bonds. The van der Waals surface area contributed by atoms with Crippen LogP contribution in [0, 0.1) is 0 Å². The van der Waals surface area contributed by atoms with E-state index in [1.807, 2.05) is 6.08 Å². The van der Waals surface area contributed by atoms with Gasteiger partial charge in [0.25, 0.3) is 12.0 Å². The molecular formula is C24H25F2N5O3. The topological polar surface area (TPSA) is 105 Å². The molecule has 0 fully saturated rings. The number of hydrogen-bond acceptors (Lipinski definition) is 7. The summed E-state index contributed by atoms with van der Waals surface area (Å²) in [4.78, 5) is 22.1. The van der Waals surface area contributed by atoms with Crippen LogP contribution in [0.2, 0.25) is 0 Å². The molecule has 2 N–H and O–H groups in total. The van der Waals surface area contributed by atoms with Crippen LogP contribution in [-0.4, -0.2) is 54.3 Å². The molecular weight excluding hydrogens is 444 g/mol. The van der Waals surface area contributed by atoms with Crippen molar-refractivity contribution < 1.29 is 18.3 Å². The summed E-state index contributed by atoms with van der Waals surface area (Å²) in [6.07, 6.45) is 3.00. The van der Waals surface area contributed by atoms with E-state index >= 15 is 0 Å². The van der Waals surface area contributed by atoms with Gasteiger partial charge in [-0.15, -0.1) is 0 Å². The van der Waals surface area contributed by atoms with Crippen LogP contribution in [0.15, 0.2) is 46.2 Å². The maximum atomic E-state index is 13.7. The minimum atomic E-state index is -2.64. The lowest BCUT2D eigenvalue weighted by molar-refractivity contribution is 0.0797. The minimum absolute atomic E-state index is 0.00751. The van der Waals surface area contributed by atoms with E-state index < -0.39 is 13.0 Å². The van der Waals surface area contributed by atoms with Crippen molar-refractivity contribution in [2.75, 3.05) is 26.5 Å². The lowest BCUT2D eigenvalue weighted by Crippen LogP contribution is -2.26. The van der Waals surface area contributed by atoms with E-state index in [0.717, 1.165) is 12.0 Å². The number of allylic oxidation sites excluding steroid dienone is 1. The molecule has 8 nitrogen and oxygen atoms in total. The summed E-state index contributed by atoms with van der Waals surface area (Å²) >= 11 is 0. The van der Waals surface area contributed by atoms with Crippen molar-refractivity contribution in [3.8, 4) is 11.6 Å². The van der Waals surface area contributed by atoms with Gasteiger partial charge in [0.15, 0.2) is 6.61 Å². The molecule has 0 saturated heterocycles. The van der Waals surface area contributed by atoms with Gasteiger partial charge in [-0.3, -0.25) is 9.79 Å². The number of nitrogens with two attached hydrogens (primary N) is 1. The van der Waals surface area contributed by atoms with E-state index in [1.165, 1.54) is 10.7 Å². The summed E-state index contributed by atoms with van der Waals surface area (Å²) in [5, 5.41) is 4.50. The summed E-state index contributed by atoms with van der Waals surface area (Å²) in [5.74, 6) is 0.00751. The van der Waals surface area contributed by atoms with E-state index in [1.54, 1.807) is 44.6 Å². The number of hydrogen-bond donors (Lipinski definition) is 1. The maximum absolute atomic E-state index is 13.7. The Hall–Kier alpha value is -3.66. The third-order valence-electron chi connectivity index (χ3n) is 5.66. The Morgan fingerprint density at radius 2 is 2.15 bits per heavy atom. The fourth-order valence-corrected chi connectivity index (χ4v) is 3.95. The Bertz CT molecular complexity index is 1320. The maximum Gasteiger partial charge on any atom is 0.281 e. The van der Waals surface area contributed by atoms with Gasteiger partial charge >= 0.3 is 0 Å². The second-order valence-corrected chi connectivity index (χ2v) is 7.87. The van der Waals surface area contributed by atoms with E-state index in [-0.39, 0.29) is 17.5 Å². The van der Waals surface area contributed by atoms with Gasteiger partial charge in [-0.1, -0.05) is 6.08 Å². The van der Waals surface area contributed by atoms with Gasteiger partial charge in [-0.05, 0) is 49.1 Å². The molecule has 0 spiro atoms. The highest BCUT2D eigenvalue weighted by atomic mass is 19.3. The summed E-state index contributed by atoms with van der Waals surface area (Å²) < 4.78 is 37.1. The standard InChI is InChI=1S/C24H25F2N5O3/c1-28-12-15-11-16(5-8-18(15)27)31-24(32)22(14-3-6-17(33-2)7-4-14)23-19(30-31)9-10-21(29-23)34-13-20(25)26/h3,5,8-12,17,20H,4,6-7,13,27H2,1-2H3. The molecule has 10 heteroatoms. The highest BCUT2D eigenvalue weighted by Crippen LogP contribution is 2.31. The van der Waals surface area contributed by atoms with E-state index in [4.69, 9.17) is 15.2 Å². The Morgan fingerprint density at radius 1 is 1.32 bits per heavy atom. The van der Waals surface area contributed by atoms with Crippen LogP contribution >= 0.6 is 0 Å². The summed E-state index contributed by atoms with van der Waals surface area (Å²) in [5.41, 5.74) is 9.25. The lowest BCUT2D eigenvalue weighted by Gasteiger charge is -2.21. The first-order chi connectivity index (χ1) is 16.4. The van der Waals surface area contributed by atoms with Gasteiger partial charge < -0.3 is 15.2 Å². The molecule has 3 aromatic rings.